The molecule has 3 aromatic heterocycles. The van der Waals surface area contributed by atoms with Crippen LogP contribution in [0.15, 0.2) is 24.5 Å². The molecule has 0 aliphatic carbocycles. The van der Waals surface area contributed by atoms with Crippen molar-refractivity contribution in [3.05, 3.63) is 30.2 Å². The molecule has 1 fully saturated rings. The fraction of sp³-hybridized carbons (Fsp3) is 0.312. The number of nitriles is 1. The fourth-order valence-corrected chi connectivity index (χ4v) is 2.97. The van der Waals surface area contributed by atoms with Crippen LogP contribution in [0.3, 0.4) is 0 Å². The average Bonchev–Trinajstić information content (AvgIpc) is 2.95. The molecule has 3 aromatic rings. The van der Waals surface area contributed by atoms with Crippen molar-refractivity contribution in [1.82, 2.24) is 20.3 Å². The lowest BCUT2D eigenvalue weighted by Crippen LogP contribution is -2.37. The highest BCUT2D eigenvalue weighted by Gasteiger charge is 2.21. The van der Waals surface area contributed by atoms with Crippen LogP contribution >= 0.6 is 0 Å². The highest BCUT2D eigenvalue weighted by molar-refractivity contribution is 6.09. The second-order valence-electron chi connectivity index (χ2n) is 5.45. The monoisotopic (exact) mass is 293 g/mol. The molecule has 2 N–H and O–H groups in total. The van der Waals surface area contributed by atoms with Crippen molar-refractivity contribution in [2.45, 2.75) is 18.9 Å². The minimum Gasteiger partial charge on any atom is -0.485 e. The zero-order valence-electron chi connectivity index (χ0n) is 12.0. The maximum absolute atomic E-state index is 9.38. The molecule has 6 nitrogen and oxygen atoms in total. The van der Waals surface area contributed by atoms with Gasteiger partial charge in [0.25, 0.3) is 0 Å². The molecular formula is C16H15N5O. The molecule has 6 heteroatoms. The van der Waals surface area contributed by atoms with Gasteiger partial charge in [-0.25, -0.2) is 9.97 Å². The summed E-state index contributed by atoms with van der Waals surface area (Å²) in [7, 11) is 0. The van der Waals surface area contributed by atoms with Gasteiger partial charge in [-0.2, -0.15) is 5.26 Å². The highest BCUT2D eigenvalue weighted by atomic mass is 16.5. The van der Waals surface area contributed by atoms with Gasteiger partial charge in [0.05, 0.1) is 17.1 Å². The predicted octanol–water partition coefficient (Wildman–Crippen LogP) is 2.11. The van der Waals surface area contributed by atoms with Gasteiger partial charge in [-0.3, -0.25) is 0 Å². The van der Waals surface area contributed by atoms with Gasteiger partial charge in [-0.1, -0.05) is 0 Å². The quantitative estimate of drug-likeness (QED) is 0.755. The van der Waals surface area contributed by atoms with Gasteiger partial charge < -0.3 is 15.0 Å². The number of aromatic amines is 1. The summed E-state index contributed by atoms with van der Waals surface area (Å²) in [5.41, 5.74) is 1.94. The van der Waals surface area contributed by atoms with E-state index in [1.165, 1.54) is 0 Å². The Morgan fingerprint density at radius 2 is 2.32 bits per heavy atom. The minimum absolute atomic E-state index is 0.0647. The summed E-state index contributed by atoms with van der Waals surface area (Å²) in [5, 5.41) is 14.5. The Balaban J connectivity index is 1.91. The number of nitrogens with zero attached hydrogens (tertiary/aromatic N) is 3. The van der Waals surface area contributed by atoms with Crippen molar-refractivity contribution in [3.8, 4) is 11.8 Å². The topological polar surface area (TPSA) is 86.6 Å². The number of rotatable bonds is 2. The highest BCUT2D eigenvalue weighted by Crippen LogP contribution is 2.34. The third kappa shape index (κ3) is 2.07. The number of nitrogens with one attached hydrogen (secondary N) is 2. The van der Waals surface area contributed by atoms with Crippen LogP contribution in [0.5, 0.6) is 5.75 Å². The van der Waals surface area contributed by atoms with Crippen LogP contribution in [-0.2, 0) is 0 Å². The summed E-state index contributed by atoms with van der Waals surface area (Å²) in [6, 6.07) is 6.00. The Morgan fingerprint density at radius 3 is 3.14 bits per heavy atom. The molecular weight excluding hydrogens is 278 g/mol. The van der Waals surface area contributed by atoms with E-state index >= 15 is 0 Å². The van der Waals surface area contributed by atoms with Crippen LogP contribution in [0.4, 0.5) is 0 Å². The van der Waals surface area contributed by atoms with E-state index in [1.807, 2.05) is 12.1 Å². The van der Waals surface area contributed by atoms with Crippen molar-refractivity contribution >= 4 is 21.9 Å². The molecule has 4 rings (SSSR count). The third-order valence-corrected chi connectivity index (χ3v) is 4.01. The molecule has 4 heterocycles. The maximum atomic E-state index is 9.38. The second kappa shape index (κ2) is 5.28. The van der Waals surface area contributed by atoms with E-state index in [-0.39, 0.29) is 6.10 Å². The number of hydrogen-bond acceptors (Lipinski definition) is 5. The van der Waals surface area contributed by atoms with E-state index in [1.54, 1.807) is 12.4 Å². The summed E-state index contributed by atoms with van der Waals surface area (Å²) < 4.78 is 6.16. The lowest BCUT2D eigenvalue weighted by molar-refractivity contribution is 0.168. The fourth-order valence-electron chi connectivity index (χ4n) is 2.97. The van der Waals surface area contributed by atoms with E-state index in [4.69, 9.17) is 4.74 Å². The van der Waals surface area contributed by atoms with Crippen molar-refractivity contribution in [2.24, 2.45) is 0 Å². The van der Waals surface area contributed by atoms with E-state index < -0.39 is 0 Å². The zero-order chi connectivity index (χ0) is 14.9. The second-order valence-corrected chi connectivity index (χ2v) is 5.45. The number of piperidine rings is 1. The van der Waals surface area contributed by atoms with Gasteiger partial charge in [0.2, 0.25) is 0 Å². The van der Waals surface area contributed by atoms with Crippen molar-refractivity contribution in [2.75, 3.05) is 13.1 Å². The molecule has 0 amide bonds. The van der Waals surface area contributed by atoms with Crippen LogP contribution in [0.25, 0.3) is 21.9 Å². The van der Waals surface area contributed by atoms with E-state index in [0.717, 1.165) is 47.9 Å². The van der Waals surface area contributed by atoms with E-state index in [0.29, 0.717) is 11.4 Å². The largest absolute Gasteiger partial charge is 0.485 e. The Bertz CT molecular complexity index is 873. The molecule has 0 aromatic carbocycles. The lowest BCUT2D eigenvalue weighted by Gasteiger charge is -2.24. The van der Waals surface area contributed by atoms with Gasteiger partial charge in [0.1, 0.15) is 17.8 Å². The molecule has 22 heavy (non-hydrogen) atoms. The van der Waals surface area contributed by atoms with Gasteiger partial charge in [0.15, 0.2) is 11.4 Å². The predicted molar refractivity (Wildman–Crippen MR) is 82.6 cm³/mol. The summed E-state index contributed by atoms with van der Waals surface area (Å²) in [6.45, 7) is 1.81. The van der Waals surface area contributed by atoms with Gasteiger partial charge in [-0.15, -0.1) is 0 Å². The number of aromatic nitrogens is 3. The number of ether oxygens (including phenoxy) is 1. The van der Waals surface area contributed by atoms with Crippen molar-refractivity contribution in [3.63, 3.8) is 0 Å². The Morgan fingerprint density at radius 1 is 1.36 bits per heavy atom. The molecule has 1 unspecified atom stereocenters. The van der Waals surface area contributed by atoms with Gasteiger partial charge >= 0.3 is 0 Å². The SMILES string of the molecule is N#Cc1ncc2[nH]c3ncccc3c2c1OC1CCCNC1. The van der Waals surface area contributed by atoms with Crippen LogP contribution in [0.2, 0.25) is 0 Å². The summed E-state index contributed by atoms with van der Waals surface area (Å²) >= 11 is 0. The first-order valence-corrected chi connectivity index (χ1v) is 7.39. The van der Waals surface area contributed by atoms with Crippen LogP contribution in [0.1, 0.15) is 18.5 Å². The first-order chi connectivity index (χ1) is 10.9. The summed E-state index contributed by atoms with van der Waals surface area (Å²) in [4.78, 5) is 11.8. The molecule has 0 saturated carbocycles. The molecule has 1 aliphatic rings. The Labute approximate surface area is 127 Å². The molecule has 1 atom stereocenters. The number of H-pyrrole nitrogens is 1. The molecule has 0 spiro atoms. The zero-order valence-corrected chi connectivity index (χ0v) is 12.0. The molecule has 110 valence electrons. The van der Waals surface area contributed by atoms with Crippen molar-refractivity contribution in [1.29, 1.82) is 5.26 Å². The van der Waals surface area contributed by atoms with Crippen LogP contribution in [0, 0.1) is 11.3 Å². The molecule has 1 saturated heterocycles. The minimum atomic E-state index is 0.0647. The van der Waals surface area contributed by atoms with Crippen LogP contribution < -0.4 is 10.1 Å². The number of pyridine rings is 2. The van der Waals surface area contributed by atoms with Crippen molar-refractivity contribution < 1.29 is 4.74 Å². The lowest BCUT2D eigenvalue weighted by atomic mass is 10.1. The van der Waals surface area contributed by atoms with Gasteiger partial charge in [0, 0.05) is 18.1 Å². The molecule has 0 radical (unpaired) electrons. The molecule has 0 bridgehead atoms. The first kappa shape index (κ1) is 13.0. The number of fused-ring (bicyclic) bond motifs is 3. The standard InChI is InChI=1S/C16H15N5O/c17-7-12-15(22-10-3-1-5-18-8-10)14-11-4-2-6-19-16(11)21-13(14)9-20-12/h2,4,6,9-10,18H,1,3,5,8H2,(H,19,21). The maximum Gasteiger partial charge on any atom is 0.183 e. The van der Waals surface area contributed by atoms with E-state index in [2.05, 4.69) is 26.3 Å². The first-order valence-electron chi connectivity index (χ1n) is 7.39. The average molecular weight is 293 g/mol. The smallest absolute Gasteiger partial charge is 0.183 e. The summed E-state index contributed by atoms with van der Waals surface area (Å²) in [5.74, 6) is 0.563. The Kier molecular flexibility index (Phi) is 3.13. The number of hydrogen-bond donors (Lipinski definition) is 2. The van der Waals surface area contributed by atoms with Crippen LogP contribution in [-0.4, -0.2) is 34.1 Å². The van der Waals surface area contributed by atoms with Gasteiger partial charge in [-0.05, 0) is 31.5 Å². The third-order valence-electron chi connectivity index (χ3n) is 4.01. The molecule has 1 aliphatic heterocycles. The van der Waals surface area contributed by atoms with E-state index in [9.17, 15) is 5.26 Å². The summed E-state index contributed by atoms with van der Waals surface area (Å²) in [6.07, 6.45) is 5.53. The Hall–Kier alpha value is -2.65. The normalized spacial score (nSPS) is 18.4.